The number of benzene rings is 1. The largest absolute Gasteiger partial charge is 0.573 e. The maximum absolute atomic E-state index is 12.2. The van der Waals surface area contributed by atoms with Crippen molar-refractivity contribution in [2.45, 2.75) is 12.8 Å². The van der Waals surface area contributed by atoms with E-state index < -0.39 is 28.5 Å². The van der Waals surface area contributed by atoms with Gasteiger partial charge in [-0.15, -0.1) is 18.3 Å². The third-order valence-corrected chi connectivity index (χ3v) is 3.16. The van der Waals surface area contributed by atoms with Gasteiger partial charge in [0.15, 0.2) is 5.78 Å². The zero-order valence-corrected chi connectivity index (χ0v) is 13.2. The fourth-order valence-electron chi connectivity index (χ4n) is 1.75. The molecule has 0 aliphatic heterocycles. The normalized spacial score (nSPS) is 11.2. The summed E-state index contributed by atoms with van der Waals surface area (Å²) in [6, 6.07) is 5.55. The highest BCUT2D eigenvalue weighted by Crippen LogP contribution is 2.32. The second kappa shape index (κ2) is 6.91. The predicted molar refractivity (Wildman–Crippen MR) is 77.5 cm³/mol. The molecule has 0 bridgehead atoms. The quantitative estimate of drug-likeness (QED) is 0.429. The molecule has 0 atom stereocenters. The van der Waals surface area contributed by atoms with Crippen LogP contribution >= 0.6 is 15.9 Å². The summed E-state index contributed by atoms with van der Waals surface area (Å²) < 4.78 is 40.7. The molecule has 0 spiro atoms. The van der Waals surface area contributed by atoms with Gasteiger partial charge in [-0.3, -0.25) is 14.9 Å². The number of carbonyl (C=O) groups is 1. The Morgan fingerprint density at radius 1 is 1.25 bits per heavy atom. The van der Waals surface area contributed by atoms with Gasteiger partial charge in [0.25, 0.3) is 0 Å². The van der Waals surface area contributed by atoms with Crippen molar-refractivity contribution in [2.75, 3.05) is 0 Å². The third-order valence-electron chi connectivity index (χ3n) is 2.73. The molecule has 1 aromatic carbocycles. The number of nitrogens with zero attached hydrogens (tertiary/aromatic N) is 3. The average Bonchev–Trinajstić information content (AvgIpc) is 2.48. The summed E-state index contributed by atoms with van der Waals surface area (Å²) in [5.74, 6) is -1.55. The van der Waals surface area contributed by atoms with Gasteiger partial charge < -0.3 is 4.74 Å². The molecule has 0 aliphatic rings. The summed E-state index contributed by atoms with van der Waals surface area (Å²) in [6.07, 6.45) is -5.29. The van der Waals surface area contributed by atoms with Crippen LogP contribution < -0.4 is 4.74 Å². The number of rotatable bonds is 5. The zero-order chi connectivity index (χ0) is 17.9. The van der Waals surface area contributed by atoms with Gasteiger partial charge in [0.1, 0.15) is 4.60 Å². The third kappa shape index (κ3) is 4.72. The standard InChI is InChI=1S/C13H7BrF3N3O4/c14-12-4-2-8(18-19-12)6-10(21)7-1-3-11(24-13(15,16)17)9(5-7)20(22)23/h1-5H,6H2. The zero-order valence-electron chi connectivity index (χ0n) is 11.6. The minimum Gasteiger partial charge on any atom is -0.398 e. The van der Waals surface area contributed by atoms with E-state index in [0.717, 1.165) is 18.2 Å². The van der Waals surface area contributed by atoms with Crippen molar-refractivity contribution in [3.63, 3.8) is 0 Å². The SMILES string of the molecule is O=C(Cc1ccc(Br)nn1)c1ccc(OC(F)(F)F)c([N+](=O)[O-])c1. The van der Waals surface area contributed by atoms with Crippen LogP contribution in [0.5, 0.6) is 5.75 Å². The molecule has 0 radical (unpaired) electrons. The van der Waals surface area contributed by atoms with Crippen molar-refractivity contribution in [3.8, 4) is 5.75 Å². The van der Waals surface area contributed by atoms with E-state index in [4.69, 9.17) is 0 Å². The lowest BCUT2D eigenvalue weighted by atomic mass is 10.1. The fourth-order valence-corrected chi connectivity index (χ4v) is 1.96. The Labute approximate surface area is 140 Å². The van der Waals surface area contributed by atoms with Gasteiger partial charge in [-0.25, -0.2) is 0 Å². The fraction of sp³-hybridized carbons (Fsp3) is 0.154. The summed E-state index contributed by atoms with van der Waals surface area (Å²) in [4.78, 5) is 21.9. The molecule has 0 saturated heterocycles. The molecule has 0 amide bonds. The summed E-state index contributed by atoms with van der Waals surface area (Å²) in [6.45, 7) is 0. The molecular formula is C13H7BrF3N3O4. The van der Waals surface area contributed by atoms with Crippen molar-refractivity contribution >= 4 is 27.4 Å². The maximum Gasteiger partial charge on any atom is 0.573 e. The lowest BCUT2D eigenvalue weighted by molar-refractivity contribution is -0.388. The number of ketones is 1. The van der Waals surface area contributed by atoms with Crippen LogP contribution in [-0.2, 0) is 6.42 Å². The topological polar surface area (TPSA) is 95.2 Å². The van der Waals surface area contributed by atoms with Gasteiger partial charge in [0.05, 0.1) is 17.0 Å². The first-order valence-electron chi connectivity index (χ1n) is 6.21. The van der Waals surface area contributed by atoms with Crippen molar-refractivity contribution in [1.82, 2.24) is 10.2 Å². The molecule has 0 N–H and O–H groups in total. The van der Waals surface area contributed by atoms with Gasteiger partial charge in [-0.2, -0.15) is 5.10 Å². The van der Waals surface area contributed by atoms with Crippen molar-refractivity contribution < 1.29 is 27.6 Å². The molecule has 0 saturated carbocycles. The van der Waals surface area contributed by atoms with Crippen LogP contribution in [0.4, 0.5) is 18.9 Å². The Morgan fingerprint density at radius 3 is 2.50 bits per heavy atom. The van der Waals surface area contributed by atoms with E-state index in [1.165, 1.54) is 6.07 Å². The molecule has 0 unspecified atom stereocenters. The van der Waals surface area contributed by atoms with Crippen LogP contribution in [0.3, 0.4) is 0 Å². The van der Waals surface area contributed by atoms with Gasteiger partial charge in [0, 0.05) is 11.6 Å². The maximum atomic E-state index is 12.2. The van der Waals surface area contributed by atoms with E-state index in [2.05, 4.69) is 30.9 Å². The molecule has 11 heteroatoms. The number of ether oxygens (including phenoxy) is 1. The number of nitro groups is 1. The molecule has 1 aromatic heterocycles. The van der Waals surface area contributed by atoms with E-state index in [-0.39, 0.29) is 12.0 Å². The number of nitro benzene ring substituents is 1. The first-order chi connectivity index (χ1) is 11.2. The van der Waals surface area contributed by atoms with Crippen LogP contribution in [0.2, 0.25) is 0 Å². The molecule has 2 aromatic rings. The Kier molecular flexibility index (Phi) is 5.12. The van der Waals surface area contributed by atoms with Crippen molar-refractivity contribution in [1.29, 1.82) is 0 Å². The molecule has 2 rings (SSSR count). The number of aromatic nitrogens is 2. The minimum absolute atomic E-state index is 0.138. The van der Waals surface area contributed by atoms with Crippen molar-refractivity contribution in [2.24, 2.45) is 0 Å². The van der Waals surface area contributed by atoms with Crippen LogP contribution in [-0.4, -0.2) is 27.3 Å². The number of hydrogen-bond donors (Lipinski definition) is 0. The Hall–Kier alpha value is -2.56. The first kappa shape index (κ1) is 17.8. The average molecular weight is 406 g/mol. The van der Waals surface area contributed by atoms with Crippen molar-refractivity contribution in [3.05, 3.63) is 56.3 Å². The first-order valence-corrected chi connectivity index (χ1v) is 7.00. The predicted octanol–water partition coefficient (Wildman–Crippen LogP) is 3.47. The van der Waals surface area contributed by atoms with E-state index >= 15 is 0 Å². The highest BCUT2D eigenvalue weighted by Gasteiger charge is 2.34. The van der Waals surface area contributed by atoms with Crippen LogP contribution in [0.15, 0.2) is 34.9 Å². The molecular weight excluding hydrogens is 399 g/mol. The number of hydrogen-bond acceptors (Lipinski definition) is 6. The number of Topliss-reactive ketones (excluding diaryl/α,β-unsaturated/α-hetero) is 1. The summed E-state index contributed by atoms with van der Waals surface area (Å²) >= 11 is 3.07. The van der Waals surface area contributed by atoms with E-state index in [9.17, 15) is 28.1 Å². The number of carbonyl (C=O) groups excluding carboxylic acids is 1. The van der Waals surface area contributed by atoms with E-state index in [0.29, 0.717) is 10.3 Å². The van der Waals surface area contributed by atoms with E-state index in [1.54, 1.807) is 6.07 Å². The Morgan fingerprint density at radius 2 is 1.96 bits per heavy atom. The van der Waals surface area contributed by atoms with Gasteiger partial charge in [-0.05, 0) is 40.2 Å². The number of alkyl halides is 3. The lowest BCUT2D eigenvalue weighted by Crippen LogP contribution is -2.18. The molecule has 0 fully saturated rings. The molecule has 1 heterocycles. The van der Waals surface area contributed by atoms with Gasteiger partial charge >= 0.3 is 12.0 Å². The van der Waals surface area contributed by atoms with Crippen LogP contribution in [0.1, 0.15) is 16.1 Å². The van der Waals surface area contributed by atoms with Crippen LogP contribution in [0, 0.1) is 10.1 Å². The second-order valence-corrected chi connectivity index (χ2v) is 5.25. The lowest BCUT2D eigenvalue weighted by Gasteiger charge is -2.09. The van der Waals surface area contributed by atoms with Crippen LogP contribution in [0.25, 0.3) is 0 Å². The summed E-state index contributed by atoms with van der Waals surface area (Å²) in [7, 11) is 0. The van der Waals surface area contributed by atoms with Gasteiger partial charge in [0.2, 0.25) is 5.75 Å². The Balaban J connectivity index is 2.27. The molecule has 7 nitrogen and oxygen atoms in total. The molecule has 24 heavy (non-hydrogen) atoms. The van der Waals surface area contributed by atoms with Gasteiger partial charge in [-0.1, -0.05) is 0 Å². The summed E-state index contributed by atoms with van der Waals surface area (Å²) in [5.41, 5.74) is -0.789. The Bertz CT molecular complexity index is 781. The highest BCUT2D eigenvalue weighted by atomic mass is 79.9. The van der Waals surface area contributed by atoms with E-state index in [1.807, 2.05) is 0 Å². The summed E-state index contributed by atoms with van der Waals surface area (Å²) in [5, 5.41) is 18.3. The minimum atomic E-state index is -5.08. The highest BCUT2D eigenvalue weighted by molar-refractivity contribution is 9.10. The smallest absolute Gasteiger partial charge is 0.398 e. The number of halogens is 4. The molecule has 0 aliphatic carbocycles. The molecule has 126 valence electrons. The monoisotopic (exact) mass is 405 g/mol. The second-order valence-electron chi connectivity index (χ2n) is 4.43.